The molecule has 0 atom stereocenters. The summed E-state index contributed by atoms with van der Waals surface area (Å²) in [6.45, 7) is -0.701. The van der Waals surface area contributed by atoms with Crippen LogP contribution in [0.5, 0.6) is 5.75 Å². The van der Waals surface area contributed by atoms with Gasteiger partial charge in [-0.25, -0.2) is 0 Å². The van der Waals surface area contributed by atoms with Gasteiger partial charge in [-0.3, -0.25) is 20.2 Å². The molecule has 0 heterocycles. The van der Waals surface area contributed by atoms with Crippen LogP contribution in [-0.4, -0.2) is 28.2 Å². The zero-order valence-corrected chi connectivity index (χ0v) is 8.33. The maximum atomic E-state index is 13.2. The van der Waals surface area contributed by atoms with E-state index in [0.717, 1.165) is 0 Å². The molecule has 0 amide bonds. The fourth-order valence-electron chi connectivity index (χ4n) is 1.09. The van der Waals surface area contributed by atoms with Gasteiger partial charge in [-0.05, 0) is 0 Å². The number of aliphatic hydroxyl groups is 1. The molecule has 1 aromatic carbocycles. The van der Waals surface area contributed by atoms with Crippen molar-refractivity contribution in [3.8, 4) is 5.75 Å². The van der Waals surface area contributed by atoms with Gasteiger partial charge in [-0.15, -0.1) is 0 Å². The Kier molecular flexibility index (Phi) is 3.88. The molecule has 0 saturated heterocycles. The average molecular weight is 246 g/mol. The van der Waals surface area contributed by atoms with Crippen LogP contribution in [0.2, 0.25) is 0 Å². The van der Waals surface area contributed by atoms with Crippen molar-refractivity contribution in [2.24, 2.45) is 0 Å². The lowest BCUT2D eigenvalue weighted by Crippen LogP contribution is -2.05. The number of hydrogen-bond acceptors (Lipinski definition) is 6. The summed E-state index contributed by atoms with van der Waals surface area (Å²) in [5.74, 6) is -1.71. The molecule has 1 rings (SSSR count). The number of halogens is 1. The Morgan fingerprint density at radius 3 is 2.29 bits per heavy atom. The van der Waals surface area contributed by atoms with Gasteiger partial charge in [-0.1, -0.05) is 0 Å². The summed E-state index contributed by atoms with van der Waals surface area (Å²) < 4.78 is 17.9. The molecule has 0 spiro atoms. The third kappa shape index (κ3) is 2.84. The van der Waals surface area contributed by atoms with Crippen molar-refractivity contribution >= 4 is 11.4 Å². The summed E-state index contributed by atoms with van der Waals surface area (Å²) in [5, 5.41) is 29.4. The summed E-state index contributed by atoms with van der Waals surface area (Å²) in [5.41, 5.74) is -1.74. The van der Waals surface area contributed by atoms with E-state index in [9.17, 15) is 24.6 Å². The van der Waals surface area contributed by atoms with Gasteiger partial charge in [0.05, 0.1) is 16.5 Å². The van der Waals surface area contributed by atoms with E-state index in [1.165, 1.54) is 0 Å². The summed E-state index contributed by atoms with van der Waals surface area (Å²) in [6, 6.07) is 1.02. The number of hydrogen-bond donors (Lipinski definition) is 1. The lowest BCUT2D eigenvalue weighted by molar-refractivity contribution is -0.396. The van der Waals surface area contributed by atoms with Crippen LogP contribution < -0.4 is 4.74 Å². The topological polar surface area (TPSA) is 116 Å². The molecule has 0 aliphatic heterocycles. The fourth-order valence-corrected chi connectivity index (χ4v) is 1.09. The standard InChI is InChI=1S/C8H7FN2O6/c9-5-3-8(17-2-1-12)7(11(15)16)4-6(5)10(13)14/h3-4,12H,1-2H2. The Morgan fingerprint density at radius 1 is 1.24 bits per heavy atom. The maximum absolute atomic E-state index is 13.2. The van der Waals surface area contributed by atoms with Gasteiger partial charge in [-0.2, -0.15) is 4.39 Å². The van der Waals surface area contributed by atoms with Gasteiger partial charge in [0.15, 0.2) is 0 Å². The maximum Gasteiger partial charge on any atom is 0.318 e. The van der Waals surface area contributed by atoms with Crippen molar-refractivity contribution in [3.63, 3.8) is 0 Å². The third-order valence-corrected chi connectivity index (χ3v) is 1.77. The summed E-state index contributed by atoms with van der Waals surface area (Å²) in [7, 11) is 0. The van der Waals surface area contributed by atoms with E-state index >= 15 is 0 Å². The van der Waals surface area contributed by atoms with Gasteiger partial charge in [0.1, 0.15) is 12.7 Å². The van der Waals surface area contributed by atoms with Crippen LogP contribution in [0, 0.1) is 26.0 Å². The van der Waals surface area contributed by atoms with Gasteiger partial charge >= 0.3 is 11.4 Å². The molecule has 9 heteroatoms. The van der Waals surface area contributed by atoms with Crippen LogP contribution in [0.4, 0.5) is 15.8 Å². The Labute approximate surface area is 93.5 Å². The SMILES string of the molecule is O=[N+]([O-])c1cc([N+](=O)[O-])c(OCCO)cc1F. The molecule has 0 radical (unpaired) electrons. The molecule has 0 aliphatic rings. The van der Waals surface area contributed by atoms with Gasteiger partial charge in [0, 0.05) is 6.07 Å². The molecule has 17 heavy (non-hydrogen) atoms. The average Bonchev–Trinajstić information content (AvgIpc) is 2.25. The number of benzene rings is 1. The Hall–Kier alpha value is -2.29. The van der Waals surface area contributed by atoms with E-state index in [4.69, 9.17) is 9.84 Å². The van der Waals surface area contributed by atoms with E-state index in [-0.39, 0.29) is 6.61 Å². The minimum atomic E-state index is -1.24. The van der Waals surface area contributed by atoms with Crippen LogP contribution in [0.1, 0.15) is 0 Å². The van der Waals surface area contributed by atoms with E-state index in [1.54, 1.807) is 0 Å². The Balaban J connectivity index is 3.25. The zero-order chi connectivity index (χ0) is 13.0. The first-order valence-electron chi connectivity index (χ1n) is 4.33. The van der Waals surface area contributed by atoms with Crippen LogP contribution in [0.15, 0.2) is 12.1 Å². The van der Waals surface area contributed by atoms with Crippen molar-refractivity contribution in [2.45, 2.75) is 0 Å². The second-order valence-corrected chi connectivity index (χ2v) is 2.86. The smallest absolute Gasteiger partial charge is 0.318 e. The molecule has 8 nitrogen and oxygen atoms in total. The number of nitrogens with zero attached hydrogens (tertiary/aromatic N) is 2. The van der Waals surface area contributed by atoms with Crippen LogP contribution in [0.3, 0.4) is 0 Å². The first kappa shape index (κ1) is 12.8. The molecule has 0 aliphatic carbocycles. The van der Waals surface area contributed by atoms with Gasteiger partial charge in [0.25, 0.3) is 0 Å². The summed E-state index contributed by atoms with van der Waals surface area (Å²) in [6.07, 6.45) is 0. The second-order valence-electron chi connectivity index (χ2n) is 2.86. The minimum Gasteiger partial charge on any atom is -0.484 e. The predicted octanol–water partition coefficient (Wildman–Crippen LogP) is 1.01. The van der Waals surface area contributed by atoms with Gasteiger partial charge < -0.3 is 9.84 Å². The van der Waals surface area contributed by atoms with E-state index in [0.29, 0.717) is 12.1 Å². The predicted molar refractivity (Wildman–Crippen MR) is 52.3 cm³/mol. The highest BCUT2D eigenvalue weighted by Gasteiger charge is 2.25. The Bertz CT molecular complexity index is 464. The van der Waals surface area contributed by atoms with Gasteiger partial charge in [0.2, 0.25) is 11.6 Å². The molecule has 0 fully saturated rings. The lowest BCUT2D eigenvalue weighted by atomic mass is 10.2. The van der Waals surface area contributed by atoms with Crippen molar-refractivity contribution in [2.75, 3.05) is 13.2 Å². The lowest BCUT2D eigenvalue weighted by Gasteiger charge is -2.05. The highest BCUT2D eigenvalue weighted by atomic mass is 19.1. The summed E-state index contributed by atoms with van der Waals surface area (Å²) in [4.78, 5) is 19.0. The summed E-state index contributed by atoms with van der Waals surface area (Å²) >= 11 is 0. The molecule has 1 N–H and O–H groups in total. The van der Waals surface area contributed by atoms with Crippen molar-refractivity contribution in [3.05, 3.63) is 38.2 Å². The molecule has 0 aromatic heterocycles. The molecular formula is C8H7FN2O6. The van der Waals surface area contributed by atoms with Crippen molar-refractivity contribution < 1.29 is 24.1 Å². The minimum absolute atomic E-state index is 0.280. The van der Waals surface area contributed by atoms with E-state index in [1.807, 2.05) is 0 Å². The number of rotatable bonds is 5. The number of nitro groups is 2. The fraction of sp³-hybridized carbons (Fsp3) is 0.250. The van der Waals surface area contributed by atoms with Crippen LogP contribution >= 0.6 is 0 Å². The highest BCUT2D eigenvalue weighted by molar-refractivity contribution is 5.54. The number of ether oxygens (including phenoxy) is 1. The quantitative estimate of drug-likeness (QED) is 0.612. The molecule has 0 bridgehead atoms. The molecular weight excluding hydrogens is 239 g/mol. The molecule has 1 aromatic rings. The monoisotopic (exact) mass is 246 g/mol. The molecule has 0 unspecified atom stereocenters. The molecule has 92 valence electrons. The first-order valence-corrected chi connectivity index (χ1v) is 4.33. The third-order valence-electron chi connectivity index (χ3n) is 1.77. The number of nitro benzene ring substituents is 2. The van der Waals surface area contributed by atoms with Crippen molar-refractivity contribution in [1.82, 2.24) is 0 Å². The van der Waals surface area contributed by atoms with Crippen molar-refractivity contribution in [1.29, 1.82) is 0 Å². The first-order chi connectivity index (χ1) is 7.97. The highest BCUT2D eigenvalue weighted by Crippen LogP contribution is 2.33. The second kappa shape index (κ2) is 5.16. The van der Waals surface area contributed by atoms with E-state index < -0.39 is 39.4 Å². The normalized spacial score (nSPS) is 10.0. The largest absolute Gasteiger partial charge is 0.484 e. The Morgan fingerprint density at radius 2 is 1.82 bits per heavy atom. The number of aliphatic hydroxyl groups excluding tert-OH is 1. The van der Waals surface area contributed by atoms with E-state index in [2.05, 4.69) is 0 Å². The van der Waals surface area contributed by atoms with Crippen LogP contribution in [0.25, 0.3) is 0 Å². The molecule has 0 saturated carbocycles. The zero-order valence-electron chi connectivity index (χ0n) is 8.33. The van der Waals surface area contributed by atoms with Crippen LogP contribution in [-0.2, 0) is 0 Å².